The summed E-state index contributed by atoms with van der Waals surface area (Å²) < 4.78 is 7.08. The first kappa shape index (κ1) is 18.4. The van der Waals surface area contributed by atoms with E-state index in [-0.39, 0.29) is 17.8 Å². The minimum absolute atomic E-state index is 0.135. The van der Waals surface area contributed by atoms with Crippen LogP contribution in [-0.2, 0) is 0 Å². The molecule has 0 saturated carbocycles. The Morgan fingerprint density at radius 2 is 1.97 bits per heavy atom. The molecular weight excluding hydrogens is 382 g/mol. The maximum absolute atomic E-state index is 13.4. The monoisotopic (exact) mass is 403 g/mol. The van der Waals surface area contributed by atoms with Gasteiger partial charge in [0.1, 0.15) is 0 Å². The highest BCUT2D eigenvalue weighted by atomic mass is 16.5. The van der Waals surface area contributed by atoms with E-state index in [0.717, 1.165) is 36.9 Å². The van der Waals surface area contributed by atoms with E-state index in [1.165, 1.54) is 0 Å². The molecule has 1 aliphatic rings. The van der Waals surface area contributed by atoms with Gasteiger partial charge in [-0.2, -0.15) is 9.97 Å². The van der Waals surface area contributed by atoms with Gasteiger partial charge in [-0.25, -0.2) is 9.50 Å². The average Bonchev–Trinajstić information content (AvgIpc) is 3.37. The summed E-state index contributed by atoms with van der Waals surface area (Å²) in [7, 11) is 0. The molecule has 1 aromatic carbocycles. The number of benzene rings is 1. The molecule has 9 nitrogen and oxygen atoms in total. The minimum atomic E-state index is -0.276. The van der Waals surface area contributed by atoms with Crippen LogP contribution in [0.1, 0.15) is 53.9 Å². The van der Waals surface area contributed by atoms with Crippen molar-refractivity contribution in [3.8, 4) is 11.5 Å². The quantitative estimate of drug-likeness (QED) is 0.517. The summed E-state index contributed by atoms with van der Waals surface area (Å²) in [6.45, 7) is 2.50. The molecule has 0 radical (unpaired) electrons. The Hall–Kier alpha value is -3.62. The molecular formula is C21H21N7O2. The Balaban J connectivity index is 1.48. The van der Waals surface area contributed by atoms with Crippen LogP contribution in [-0.4, -0.2) is 47.1 Å². The van der Waals surface area contributed by atoms with Crippen LogP contribution in [0.3, 0.4) is 0 Å². The van der Waals surface area contributed by atoms with Crippen LogP contribution < -0.4 is 0 Å². The Morgan fingerprint density at radius 1 is 1.10 bits per heavy atom. The fourth-order valence-electron chi connectivity index (χ4n) is 3.81. The van der Waals surface area contributed by atoms with Crippen molar-refractivity contribution in [2.45, 2.75) is 38.6 Å². The smallest absolute Gasteiger partial charge is 0.294 e. The number of hydrogen-bond acceptors (Lipinski definition) is 7. The van der Waals surface area contributed by atoms with Gasteiger partial charge < -0.3 is 9.42 Å². The van der Waals surface area contributed by atoms with Crippen molar-refractivity contribution in [1.29, 1.82) is 0 Å². The topological polar surface area (TPSA) is 102 Å². The summed E-state index contributed by atoms with van der Waals surface area (Å²) in [4.78, 5) is 28.3. The molecule has 9 heteroatoms. The molecule has 3 aromatic heterocycles. The summed E-state index contributed by atoms with van der Waals surface area (Å²) in [6, 6.07) is 11.2. The van der Waals surface area contributed by atoms with Crippen LogP contribution in [0.25, 0.3) is 17.2 Å². The first-order chi connectivity index (χ1) is 14.7. The molecule has 1 aliphatic heterocycles. The molecule has 5 rings (SSSR count). The Kier molecular flexibility index (Phi) is 4.70. The van der Waals surface area contributed by atoms with Gasteiger partial charge in [-0.3, -0.25) is 4.79 Å². The van der Waals surface area contributed by atoms with E-state index >= 15 is 0 Å². The van der Waals surface area contributed by atoms with Gasteiger partial charge in [0.2, 0.25) is 5.82 Å². The third-order valence-corrected chi connectivity index (χ3v) is 5.40. The van der Waals surface area contributed by atoms with E-state index in [2.05, 4.69) is 25.2 Å². The molecule has 1 amide bonds. The van der Waals surface area contributed by atoms with E-state index < -0.39 is 0 Å². The van der Waals surface area contributed by atoms with Crippen LogP contribution in [0.15, 0.2) is 47.1 Å². The second kappa shape index (κ2) is 7.66. The number of carbonyl (C=O) groups is 1. The predicted molar refractivity (Wildman–Crippen MR) is 107 cm³/mol. The lowest BCUT2D eigenvalue weighted by Crippen LogP contribution is -2.36. The maximum Gasteiger partial charge on any atom is 0.294 e. The van der Waals surface area contributed by atoms with Crippen LogP contribution >= 0.6 is 0 Å². The Bertz CT molecular complexity index is 1180. The molecule has 30 heavy (non-hydrogen) atoms. The van der Waals surface area contributed by atoms with Crippen LogP contribution in [0.2, 0.25) is 0 Å². The molecule has 0 spiro atoms. The third kappa shape index (κ3) is 3.32. The van der Waals surface area contributed by atoms with Gasteiger partial charge in [0.05, 0.1) is 6.04 Å². The number of hydrogen-bond donors (Lipinski definition) is 0. The summed E-state index contributed by atoms with van der Waals surface area (Å²) in [5, 5.41) is 8.59. The zero-order chi connectivity index (χ0) is 20.5. The van der Waals surface area contributed by atoms with E-state index in [1.807, 2.05) is 43.3 Å². The summed E-state index contributed by atoms with van der Waals surface area (Å²) in [5.41, 5.74) is 1.72. The Labute approximate surface area is 172 Å². The molecule has 1 atom stereocenters. The summed E-state index contributed by atoms with van der Waals surface area (Å²) in [5.74, 6) is 1.28. The summed E-state index contributed by atoms with van der Waals surface area (Å²) in [6.07, 6.45) is 5.37. The average molecular weight is 403 g/mol. The second-order valence-corrected chi connectivity index (χ2v) is 7.42. The van der Waals surface area contributed by atoms with Crippen molar-refractivity contribution in [2.75, 3.05) is 6.54 Å². The van der Waals surface area contributed by atoms with Gasteiger partial charge in [-0.05, 0) is 38.0 Å². The highest BCUT2D eigenvalue weighted by Crippen LogP contribution is 2.31. The third-order valence-electron chi connectivity index (χ3n) is 5.40. The number of rotatable bonds is 3. The van der Waals surface area contributed by atoms with Gasteiger partial charge >= 0.3 is 0 Å². The number of nitrogens with zero attached hydrogens (tertiary/aromatic N) is 7. The SMILES string of the molecule is Cc1ccnc2nc(C(=O)N3CCCCCC3c3noc(-c4ccccc4)n3)nn12. The fraction of sp³-hybridized carbons (Fsp3) is 0.333. The number of likely N-dealkylation sites (tertiary alicyclic amines) is 1. The van der Waals surface area contributed by atoms with E-state index in [4.69, 9.17) is 4.52 Å². The largest absolute Gasteiger partial charge is 0.334 e. The van der Waals surface area contributed by atoms with E-state index in [0.29, 0.717) is 24.0 Å². The predicted octanol–water partition coefficient (Wildman–Crippen LogP) is 3.24. The highest BCUT2D eigenvalue weighted by Gasteiger charge is 2.33. The first-order valence-electron chi connectivity index (χ1n) is 10.1. The maximum atomic E-state index is 13.4. The lowest BCUT2D eigenvalue weighted by atomic mass is 10.1. The zero-order valence-corrected chi connectivity index (χ0v) is 16.6. The number of amides is 1. The highest BCUT2D eigenvalue weighted by molar-refractivity contribution is 5.91. The van der Waals surface area contributed by atoms with Gasteiger partial charge in [0, 0.05) is 24.0 Å². The number of aryl methyl sites for hydroxylation is 1. The minimum Gasteiger partial charge on any atom is -0.334 e. The van der Waals surface area contributed by atoms with Gasteiger partial charge in [0.25, 0.3) is 17.6 Å². The van der Waals surface area contributed by atoms with Crippen LogP contribution in [0, 0.1) is 6.92 Å². The van der Waals surface area contributed by atoms with Gasteiger partial charge in [-0.1, -0.05) is 36.2 Å². The molecule has 152 valence electrons. The molecule has 1 saturated heterocycles. The normalized spacial score (nSPS) is 17.2. The fourth-order valence-corrected chi connectivity index (χ4v) is 3.81. The second-order valence-electron chi connectivity index (χ2n) is 7.42. The Morgan fingerprint density at radius 3 is 2.80 bits per heavy atom. The molecule has 4 heterocycles. The number of carbonyl (C=O) groups excluding carboxylic acids is 1. The van der Waals surface area contributed by atoms with Crippen molar-refractivity contribution in [1.82, 2.24) is 34.6 Å². The molecule has 1 fully saturated rings. The first-order valence-corrected chi connectivity index (χ1v) is 10.1. The molecule has 1 unspecified atom stereocenters. The van der Waals surface area contributed by atoms with Crippen molar-refractivity contribution in [3.63, 3.8) is 0 Å². The molecule has 0 aliphatic carbocycles. The molecule has 4 aromatic rings. The number of aromatic nitrogens is 6. The van der Waals surface area contributed by atoms with Gasteiger partial charge in [-0.15, -0.1) is 5.10 Å². The molecule has 0 bridgehead atoms. The van der Waals surface area contributed by atoms with Crippen molar-refractivity contribution < 1.29 is 9.32 Å². The van der Waals surface area contributed by atoms with Crippen molar-refractivity contribution in [2.24, 2.45) is 0 Å². The number of fused-ring (bicyclic) bond motifs is 1. The standard InChI is InChI=1S/C21H21N7O2/c1-14-11-12-22-21-24-18(25-28(14)21)20(29)27-13-7-3-6-10-16(27)17-23-19(30-26-17)15-8-4-2-5-9-15/h2,4-5,8-9,11-12,16H,3,6-7,10,13H2,1H3. The van der Waals surface area contributed by atoms with Crippen molar-refractivity contribution in [3.05, 3.63) is 59.9 Å². The van der Waals surface area contributed by atoms with Crippen molar-refractivity contribution >= 4 is 11.7 Å². The van der Waals surface area contributed by atoms with Gasteiger partial charge in [0.15, 0.2) is 5.82 Å². The summed E-state index contributed by atoms with van der Waals surface area (Å²) >= 11 is 0. The van der Waals surface area contributed by atoms with Crippen LogP contribution in [0.4, 0.5) is 0 Å². The zero-order valence-electron chi connectivity index (χ0n) is 16.6. The lowest BCUT2D eigenvalue weighted by Gasteiger charge is -2.26. The lowest BCUT2D eigenvalue weighted by molar-refractivity contribution is 0.0658. The van der Waals surface area contributed by atoms with E-state index in [1.54, 1.807) is 15.6 Å². The van der Waals surface area contributed by atoms with Crippen LogP contribution in [0.5, 0.6) is 0 Å². The van der Waals surface area contributed by atoms with E-state index in [9.17, 15) is 4.79 Å². The molecule has 0 N–H and O–H groups in total.